The Balaban J connectivity index is 2.81. The fourth-order valence-electron chi connectivity index (χ4n) is 1.74. The quantitative estimate of drug-likeness (QED) is 0.578. The van der Waals surface area contributed by atoms with E-state index < -0.39 is 0 Å². The van der Waals surface area contributed by atoms with E-state index >= 15 is 0 Å². The van der Waals surface area contributed by atoms with Crippen LogP contribution in [0.15, 0.2) is 43.0 Å². The number of phenols is 2. The average Bonchev–Trinajstić information content (AvgIpc) is 2.26. The first-order chi connectivity index (χ1) is 7.24. The molecule has 15 heavy (non-hydrogen) atoms. The second kappa shape index (κ2) is 3.65. The van der Waals surface area contributed by atoms with Crippen molar-refractivity contribution >= 4 is 10.8 Å². The number of hydrogen-bond acceptors (Lipinski definition) is 2. The van der Waals surface area contributed by atoms with Crippen LogP contribution in [0.3, 0.4) is 0 Å². The van der Waals surface area contributed by atoms with Gasteiger partial charge >= 0.3 is 0 Å². The number of benzene rings is 2. The van der Waals surface area contributed by atoms with Crippen LogP contribution in [0.1, 0.15) is 5.56 Å². The first-order valence-corrected chi connectivity index (χ1v) is 4.77. The predicted octanol–water partition coefficient (Wildman–Crippen LogP) is 2.98. The summed E-state index contributed by atoms with van der Waals surface area (Å²) in [5.41, 5.74) is 0.968. The summed E-state index contributed by atoms with van der Waals surface area (Å²) < 4.78 is 0. The molecule has 0 atom stereocenters. The average molecular weight is 200 g/mol. The molecule has 0 unspecified atom stereocenters. The lowest BCUT2D eigenvalue weighted by atomic mass is 10.0. The van der Waals surface area contributed by atoms with Crippen LogP contribution >= 0.6 is 0 Å². The summed E-state index contributed by atoms with van der Waals surface area (Å²) in [6, 6.07) is 9.04. The van der Waals surface area contributed by atoms with E-state index in [1.807, 2.05) is 18.2 Å². The SMILES string of the molecule is C=CCc1cc(O)c(O)c2ccccc12. The van der Waals surface area contributed by atoms with Gasteiger partial charge in [0.15, 0.2) is 11.5 Å². The van der Waals surface area contributed by atoms with Gasteiger partial charge in [-0.2, -0.15) is 0 Å². The summed E-state index contributed by atoms with van der Waals surface area (Å²) in [5, 5.41) is 20.8. The molecule has 0 fully saturated rings. The van der Waals surface area contributed by atoms with Crippen molar-refractivity contribution in [2.24, 2.45) is 0 Å². The molecule has 2 aromatic rings. The molecule has 0 aliphatic rings. The maximum atomic E-state index is 9.68. The second-order valence-electron chi connectivity index (χ2n) is 3.44. The van der Waals surface area contributed by atoms with E-state index in [2.05, 4.69) is 6.58 Å². The molecule has 2 N–H and O–H groups in total. The smallest absolute Gasteiger partial charge is 0.165 e. The maximum absolute atomic E-state index is 9.68. The highest BCUT2D eigenvalue weighted by Gasteiger charge is 2.08. The van der Waals surface area contributed by atoms with Gasteiger partial charge in [-0.05, 0) is 23.4 Å². The van der Waals surface area contributed by atoms with Gasteiger partial charge in [-0.15, -0.1) is 6.58 Å². The minimum absolute atomic E-state index is 0.0570. The van der Waals surface area contributed by atoms with E-state index in [0.29, 0.717) is 11.8 Å². The van der Waals surface area contributed by atoms with E-state index in [1.54, 1.807) is 18.2 Å². The molecule has 0 heterocycles. The molecule has 2 rings (SSSR count). The van der Waals surface area contributed by atoms with Crippen LogP contribution < -0.4 is 0 Å². The van der Waals surface area contributed by atoms with Gasteiger partial charge in [0.05, 0.1) is 0 Å². The third-order valence-corrected chi connectivity index (χ3v) is 2.45. The fourth-order valence-corrected chi connectivity index (χ4v) is 1.74. The zero-order valence-corrected chi connectivity index (χ0v) is 8.27. The van der Waals surface area contributed by atoms with Crippen LogP contribution in [-0.4, -0.2) is 10.2 Å². The van der Waals surface area contributed by atoms with Crippen LogP contribution in [0.4, 0.5) is 0 Å². The number of hydrogen-bond donors (Lipinski definition) is 2. The van der Waals surface area contributed by atoms with Crippen LogP contribution in [-0.2, 0) is 6.42 Å². The largest absolute Gasteiger partial charge is 0.504 e. The Bertz CT molecular complexity index is 515. The Morgan fingerprint density at radius 1 is 1.13 bits per heavy atom. The third kappa shape index (κ3) is 1.54. The Morgan fingerprint density at radius 2 is 1.80 bits per heavy atom. The number of fused-ring (bicyclic) bond motifs is 1. The van der Waals surface area contributed by atoms with Crippen molar-refractivity contribution in [2.75, 3.05) is 0 Å². The van der Waals surface area contributed by atoms with Crippen molar-refractivity contribution in [1.29, 1.82) is 0 Å². The molecule has 0 saturated heterocycles. The van der Waals surface area contributed by atoms with Gasteiger partial charge in [0.1, 0.15) is 0 Å². The zero-order valence-electron chi connectivity index (χ0n) is 8.27. The molecule has 0 aliphatic heterocycles. The Kier molecular flexibility index (Phi) is 2.34. The summed E-state index contributed by atoms with van der Waals surface area (Å²) in [7, 11) is 0. The van der Waals surface area contributed by atoms with Gasteiger partial charge in [-0.25, -0.2) is 0 Å². The molecule has 0 radical (unpaired) electrons. The number of aromatic hydroxyl groups is 2. The Hall–Kier alpha value is -1.96. The van der Waals surface area contributed by atoms with Gasteiger partial charge < -0.3 is 10.2 Å². The van der Waals surface area contributed by atoms with Crippen molar-refractivity contribution in [3.05, 3.63) is 48.6 Å². The molecule has 2 heteroatoms. The monoisotopic (exact) mass is 200 g/mol. The molecular formula is C13H12O2. The lowest BCUT2D eigenvalue weighted by Gasteiger charge is -2.08. The lowest BCUT2D eigenvalue weighted by Crippen LogP contribution is -1.85. The highest BCUT2D eigenvalue weighted by molar-refractivity contribution is 5.93. The van der Waals surface area contributed by atoms with Gasteiger partial charge in [0.25, 0.3) is 0 Å². The number of allylic oxidation sites excluding steroid dienone is 1. The van der Waals surface area contributed by atoms with E-state index in [1.165, 1.54) is 0 Å². The molecule has 76 valence electrons. The van der Waals surface area contributed by atoms with Crippen molar-refractivity contribution in [3.8, 4) is 11.5 Å². The molecule has 2 aromatic carbocycles. The van der Waals surface area contributed by atoms with Crippen molar-refractivity contribution in [3.63, 3.8) is 0 Å². The molecule has 0 aliphatic carbocycles. The molecule has 0 saturated carbocycles. The number of phenolic OH excluding ortho intramolecular Hbond substituents is 2. The molecule has 0 bridgehead atoms. The fraction of sp³-hybridized carbons (Fsp3) is 0.0769. The minimum atomic E-state index is -0.0782. The third-order valence-electron chi connectivity index (χ3n) is 2.45. The van der Waals surface area contributed by atoms with E-state index in [4.69, 9.17) is 0 Å². The lowest BCUT2D eigenvalue weighted by molar-refractivity contribution is 0.408. The van der Waals surface area contributed by atoms with E-state index in [9.17, 15) is 10.2 Å². The van der Waals surface area contributed by atoms with E-state index in [-0.39, 0.29) is 11.5 Å². The zero-order chi connectivity index (χ0) is 10.8. The van der Waals surface area contributed by atoms with Gasteiger partial charge in [0.2, 0.25) is 0 Å². The number of rotatable bonds is 2. The summed E-state index contributed by atoms with van der Waals surface area (Å²) in [5.74, 6) is -0.135. The second-order valence-corrected chi connectivity index (χ2v) is 3.44. The standard InChI is InChI=1S/C13H12O2/c1-2-5-9-8-12(14)13(15)11-7-4-3-6-10(9)11/h2-4,6-8,14-15H,1,5H2. The van der Waals surface area contributed by atoms with Gasteiger partial charge in [-0.1, -0.05) is 30.3 Å². The van der Waals surface area contributed by atoms with Gasteiger partial charge in [0, 0.05) is 5.39 Å². The van der Waals surface area contributed by atoms with Crippen molar-refractivity contribution in [1.82, 2.24) is 0 Å². The highest BCUT2D eigenvalue weighted by atomic mass is 16.3. The van der Waals surface area contributed by atoms with Crippen LogP contribution in [0, 0.1) is 0 Å². The molecule has 0 aromatic heterocycles. The summed E-state index contributed by atoms with van der Waals surface area (Å²) in [6.07, 6.45) is 2.45. The highest BCUT2D eigenvalue weighted by Crippen LogP contribution is 2.36. The summed E-state index contributed by atoms with van der Waals surface area (Å²) in [6.45, 7) is 3.67. The normalized spacial score (nSPS) is 10.4. The van der Waals surface area contributed by atoms with Crippen LogP contribution in [0.5, 0.6) is 11.5 Å². The minimum Gasteiger partial charge on any atom is -0.504 e. The Morgan fingerprint density at radius 3 is 2.47 bits per heavy atom. The summed E-state index contributed by atoms with van der Waals surface area (Å²) in [4.78, 5) is 0. The Labute approximate surface area is 88.1 Å². The van der Waals surface area contributed by atoms with E-state index in [0.717, 1.165) is 10.9 Å². The first kappa shape index (κ1) is 9.59. The van der Waals surface area contributed by atoms with Gasteiger partial charge in [-0.3, -0.25) is 0 Å². The topological polar surface area (TPSA) is 40.5 Å². The summed E-state index contributed by atoms with van der Waals surface area (Å²) >= 11 is 0. The predicted molar refractivity (Wildman–Crippen MR) is 61.2 cm³/mol. The maximum Gasteiger partial charge on any atom is 0.165 e. The van der Waals surface area contributed by atoms with Crippen LogP contribution in [0.2, 0.25) is 0 Å². The van der Waals surface area contributed by atoms with Crippen LogP contribution in [0.25, 0.3) is 10.8 Å². The molecule has 0 amide bonds. The van der Waals surface area contributed by atoms with Crippen molar-refractivity contribution in [2.45, 2.75) is 6.42 Å². The molecular weight excluding hydrogens is 188 g/mol. The molecule has 0 spiro atoms. The first-order valence-electron chi connectivity index (χ1n) is 4.77. The van der Waals surface area contributed by atoms with Crippen molar-refractivity contribution < 1.29 is 10.2 Å². The molecule has 2 nitrogen and oxygen atoms in total.